The van der Waals surface area contributed by atoms with Gasteiger partial charge in [0, 0.05) is 17.1 Å². The van der Waals surface area contributed by atoms with Crippen LogP contribution in [0.3, 0.4) is 0 Å². The third-order valence-electron chi connectivity index (χ3n) is 5.09. The molecule has 2 heterocycles. The minimum Gasteiger partial charge on any atom is -0.325 e. The SMILES string of the molecule is CSc1cccc(NC(=O)CSc2nnc3n(CCC(C)C)c(=O)c4ccccc4n23)c1. The second-order valence-electron chi connectivity index (χ2n) is 7.84. The van der Waals surface area contributed by atoms with Crippen molar-refractivity contribution in [3.63, 3.8) is 0 Å². The first-order chi connectivity index (χ1) is 15.5. The van der Waals surface area contributed by atoms with Crippen molar-refractivity contribution < 1.29 is 4.79 Å². The molecule has 9 heteroatoms. The number of aryl methyl sites for hydroxylation is 1. The van der Waals surface area contributed by atoms with Crippen LogP contribution in [0, 0.1) is 5.92 Å². The number of carbonyl (C=O) groups excluding carboxylic acids is 1. The van der Waals surface area contributed by atoms with Gasteiger partial charge in [-0.3, -0.25) is 18.6 Å². The molecule has 166 valence electrons. The Bertz CT molecular complexity index is 1330. The first-order valence-corrected chi connectivity index (χ1v) is 12.6. The van der Waals surface area contributed by atoms with Crippen LogP contribution in [0.25, 0.3) is 16.7 Å². The number of nitrogens with one attached hydrogen (secondary N) is 1. The number of aromatic nitrogens is 4. The number of carbonyl (C=O) groups is 1. The van der Waals surface area contributed by atoms with Crippen LogP contribution >= 0.6 is 23.5 Å². The zero-order valence-corrected chi connectivity index (χ0v) is 19.9. The molecule has 0 atom stereocenters. The van der Waals surface area contributed by atoms with E-state index in [1.807, 2.05) is 59.2 Å². The van der Waals surface area contributed by atoms with Crippen LogP contribution < -0.4 is 10.9 Å². The smallest absolute Gasteiger partial charge is 0.262 e. The minimum atomic E-state index is -0.123. The van der Waals surface area contributed by atoms with Crippen LogP contribution in [0.1, 0.15) is 20.3 Å². The molecule has 0 aliphatic carbocycles. The first kappa shape index (κ1) is 22.4. The number of rotatable bonds is 8. The van der Waals surface area contributed by atoms with Gasteiger partial charge in [-0.15, -0.1) is 22.0 Å². The van der Waals surface area contributed by atoms with Gasteiger partial charge >= 0.3 is 0 Å². The molecule has 1 N–H and O–H groups in total. The van der Waals surface area contributed by atoms with E-state index in [-0.39, 0.29) is 17.2 Å². The molecule has 0 fully saturated rings. The fraction of sp³-hybridized carbons (Fsp3) is 0.304. The Labute approximate surface area is 194 Å². The molecule has 0 unspecified atom stereocenters. The highest BCUT2D eigenvalue weighted by molar-refractivity contribution is 7.99. The Kier molecular flexibility index (Phi) is 6.86. The van der Waals surface area contributed by atoms with Gasteiger partial charge in [-0.05, 0) is 48.9 Å². The lowest BCUT2D eigenvalue weighted by Gasteiger charge is -2.12. The first-order valence-electron chi connectivity index (χ1n) is 10.4. The van der Waals surface area contributed by atoms with Crippen LogP contribution in [0.15, 0.2) is 63.4 Å². The van der Waals surface area contributed by atoms with Gasteiger partial charge in [0.25, 0.3) is 5.56 Å². The topological polar surface area (TPSA) is 81.3 Å². The second kappa shape index (κ2) is 9.79. The molecule has 0 spiro atoms. The summed E-state index contributed by atoms with van der Waals surface area (Å²) >= 11 is 2.93. The summed E-state index contributed by atoms with van der Waals surface area (Å²) in [5.74, 6) is 1.02. The Balaban J connectivity index is 1.63. The number of anilines is 1. The Hall–Kier alpha value is -2.78. The van der Waals surface area contributed by atoms with Crippen molar-refractivity contribution in [2.75, 3.05) is 17.3 Å². The maximum absolute atomic E-state index is 13.1. The van der Waals surface area contributed by atoms with E-state index in [1.165, 1.54) is 11.8 Å². The Morgan fingerprint density at radius 3 is 2.72 bits per heavy atom. The third-order valence-corrected chi connectivity index (χ3v) is 6.75. The molecule has 4 rings (SSSR count). The second-order valence-corrected chi connectivity index (χ2v) is 9.67. The number of fused-ring (bicyclic) bond motifs is 3. The summed E-state index contributed by atoms with van der Waals surface area (Å²) < 4.78 is 3.57. The van der Waals surface area contributed by atoms with E-state index in [4.69, 9.17) is 0 Å². The summed E-state index contributed by atoms with van der Waals surface area (Å²) in [5.41, 5.74) is 1.44. The van der Waals surface area contributed by atoms with E-state index >= 15 is 0 Å². The summed E-state index contributed by atoms with van der Waals surface area (Å²) in [4.78, 5) is 26.7. The molecular weight excluding hydrogens is 442 g/mol. The maximum atomic E-state index is 13.1. The molecule has 0 aliphatic rings. The fourth-order valence-corrected chi connectivity index (χ4v) is 4.64. The molecule has 4 aromatic rings. The molecule has 7 nitrogen and oxygen atoms in total. The van der Waals surface area contributed by atoms with E-state index in [1.54, 1.807) is 16.3 Å². The van der Waals surface area contributed by atoms with Crippen molar-refractivity contribution in [3.05, 3.63) is 58.9 Å². The summed E-state index contributed by atoms with van der Waals surface area (Å²) in [6.07, 6.45) is 2.86. The lowest BCUT2D eigenvalue weighted by atomic mass is 10.1. The molecular formula is C23H25N5O2S2. The van der Waals surface area contributed by atoms with Crippen LogP contribution in [0.4, 0.5) is 5.69 Å². The van der Waals surface area contributed by atoms with Crippen molar-refractivity contribution in [2.24, 2.45) is 5.92 Å². The Morgan fingerprint density at radius 2 is 1.94 bits per heavy atom. The third kappa shape index (κ3) is 4.68. The van der Waals surface area contributed by atoms with E-state index in [0.717, 1.165) is 22.5 Å². The van der Waals surface area contributed by atoms with E-state index in [0.29, 0.717) is 28.8 Å². The zero-order valence-electron chi connectivity index (χ0n) is 18.2. The molecule has 2 aromatic carbocycles. The highest BCUT2D eigenvalue weighted by Gasteiger charge is 2.17. The predicted molar refractivity (Wildman–Crippen MR) is 132 cm³/mol. The largest absolute Gasteiger partial charge is 0.325 e. The lowest BCUT2D eigenvalue weighted by molar-refractivity contribution is -0.113. The van der Waals surface area contributed by atoms with Gasteiger partial charge in [0.1, 0.15) is 0 Å². The lowest BCUT2D eigenvalue weighted by Crippen LogP contribution is -2.24. The van der Waals surface area contributed by atoms with Crippen LogP contribution in [-0.2, 0) is 11.3 Å². The van der Waals surface area contributed by atoms with Gasteiger partial charge in [-0.25, -0.2) is 0 Å². The van der Waals surface area contributed by atoms with Crippen molar-refractivity contribution in [3.8, 4) is 0 Å². The summed E-state index contributed by atoms with van der Waals surface area (Å²) in [5, 5.41) is 12.8. The van der Waals surface area contributed by atoms with Gasteiger partial charge in [-0.1, -0.05) is 43.8 Å². The molecule has 32 heavy (non-hydrogen) atoms. The molecule has 1 amide bonds. The van der Waals surface area contributed by atoms with Crippen molar-refractivity contribution in [1.82, 2.24) is 19.2 Å². The zero-order chi connectivity index (χ0) is 22.7. The highest BCUT2D eigenvalue weighted by atomic mass is 32.2. The maximum Gasteiger partial charge on any atom is 0.262 e. The van der Waals surface area contributed by atoms with Crippen molar-refractivity contribution in [2.45, 2.75) is 36.9 Å². The molecule has 0 bridgehead atoms. The minimum absolute atomic E-state index is 0.0656. The number of hydrogen-bond donors (Lipinski definition) is 1. The summed E-state index contributed by atoms with van der Waals surface area (Å²) in [6.45, 7) is 4.82. The predicted octanol–water partition coefficient (Wildman–Crippen LogP) is 4.54. The van der Waals surface area contributed by atoms with Crippen molar-refractivity contribution in [1.29, 1.82) is 0 Å². The highest BCUT2D eigenvalue weighted by Crippen LogP contribution is 2.23. The quantitative estimate of drug-likeness (QED) is 0.383. The molecule has 0 saturated carbocycles. The molecule has 0 radical (unpaired) electrons. The number of nitrogens with zero attached hydrogens (tertiary/aromatic N) is 4. The normalized spacial score (nSPS) is 11.5. The van der Waals surface area contributed by atoms with E-state index in [2.05, 4.69) is 29.4 Å². The Morgan fingerprint density at radius 1 is 1.12 bits per heavy atom. The van der Waals surface area contributed by atoms with Gasteiger partial charge < -0.3 is 5.32 Å². The fourth-order valence-electron chi connectivity index (χ4n) is 3.44. The number of para-hydroxylation sites is 1. The van der Waals surface area contributed by atoms with Gasteiger partial charge in [0.15, 0.2) is 5.16 Å². The van der Waals surface area contributed by atoms with Crippen molar-refractivity contribution >= 4 is 51.8 Å². The van der Waals surface area contributed by atoms with Crippen LogP contribution in [0.5, 0.6) is 0 Å². The van der Waals surface area contributed by atoms with Gasteiger partial charge in [0.2, 0.25) is 11.7 Å². The summed E-state index contributed by atoms with van der Waals surface area (Å²) in [7, 11) is 0. The average molecular weight is 468 g/mol. The number of benzene rings is 2. The molecule has 2 aromatic heterocycles. The van der Waals surface area contributed by atoms with E-state index < -0.39 is 0 Å². The van der Waals surface area contributed by atoms with Crippen LogP contribution in [-0.4, -0.2) is 37.1 Å². The molecule has 0 saturated heterocycles. The monoisotopic (exact) mass is 467 g/mol. The number of amides is 1. The van der Waals surface area contributed by atoms with Gasteiger partial charge in [0.05, 0.1) is 16.7 Å². The average Bonchev–Trinajstić information content (AvgIpc) is 3.21. The summed E-state index contributed by atoms with van der Waals surface area (Å²) in [6, 6.07) is 15.2. The number of hydrogen-bond acceptors (Lipinski definition) is 6. The number of thioether (sulfide) groups is 2. The van der Waals surface area contributed by atoms with Gasteiger partial charge in [-0.2, -0.15) is 0 Å². The molecule has 0 aliphatic heterocycles. The van der Waals surface area contributed by atoms with E-state index in [9.17, 15) is 9.59 Å². The van der Waals surface area contributed by atoms with Crippen LogP contribution in [0.2, 0.25) is 0 Å². The standard InChI is InChI=1S/C23H25N5O2S2/c1-15(2)11-12-27-21(30)18-9-4-5-10-19(18)28-22(27)25-26-23(28)32-14-20(29)24-16-7-6-8-17(13-16)31-3/h4-10,13,15H,11-12,14H2,1-3H3,(H,24,29).